The Morgan fingerprint density at radius 1 is 0.952 bits per heavy atom. The first kappa shape index (κ1) is 13.6. The second kappa shape index (κ2) is 5.96. The Balaban J connectivity index is 1.83. The van der Waals surface area contributed by atoms with Crippen molar-refractivity contribution in [2.75, 3.05) is 7.11 Å². The van der Waals surface area contributed by atoms with Gasteiger partial charge in [0.1, 0.15) is 5.75 Å². The van der Waals surface area contributed by atoms with Crippen molar-refractivity contribution in [1.29, 1.82) is 0 Å². The molecular weight excluding hydrogens is 258 g/mol. The summed E-state index contributed by atoms with van der Waals surface area (Å²) in [6.07, 6.45) is 3.20. The average Bonchev–Trinajstić information content (AvgIpc) is 2.55. The zero-order valence-electron chi connectivity index (χ0n) is 12.5. The first-order chi connectivity index (χ1) is 10.3. The first-order valence-electron chi connectivity index (χ1n) is 7.28. The van der Waals surface area contributed by atoms with Gasteiger partial charge in [-0.1, -0.05) is 24.3 Å². The number of hydrogen-bond acceptors (Lipinski definition) is 1. The van der Waals surface area contributed by atoms with E-state index in [0.717, 1.165) is 18.7 Å². The lowest BCUT2D eigenvalue weighted by molar-refractivity contribution is -0.670. The molecule has 2 heteroatoms. The number of benzene rings is 2. The summed E-state index contributed by atoms with van der Waals surface area (Å²) in [7, 11) is 1.70. The van der Waals surface area contributed by atoms with Crippen LogP contribution in [-0.2, 0) is 13.0 Å². The summed E-state index contributed by atoms with van der Waals surface area (Å²) in [6.45, 7) is 3.14. The first-order valence-corrected chi connectivity index (χ1v) is 7.28. The maximum absolute atomic E-state index is 5.20. The van der Waals surface area contributed by atoms with Crippen LogP contribution in [0.1, 0.15) is 11.1 Å². The maximum atomic E-state index is 5.20. The topological polar surface area (TPSA) is 13.1 Å². The molecule has 0 saturated heterocycles. The molecule has 0 amide bonds. The Hall–Kier alpha value is -2.35. The minimum atomic E-state index is 0.909. The van der Waals surface area contributed by atoms with E-state index in [1.165, 1.54) is 22.0 Å². The highest BCUT2D eigenvalue weighted by molar-refractivity contribution is 5.78. The second-order valence-electron chi connectivity index (χ2n) is 5.31. The molecule has 106 valence electrons. The number of aromatic nitrogens is 1. The van der Waals surface area contributed by atoms with Gasteiger partial charge in [0.2, 0.25) is 5.52 Å². The van der Waals surface area contributed by atoms with Crippen LogP contribution < -0.4 is 9.30 Å². The smallest absolute Gasteiger partial charge is 0.212 e. The zero-order chi connectivity index (χ0) is 14.7. The molecule has 3 aromatic rings. The number of methoxy groups -OCH3 is 1. The van der Waals surface area contributed by atoms with Gasteiger partial charge in [-0.25, -0.2) is 0 Å². The summed E-state index contributed by atoms with van der Waals surface area (Å²) in [5.41, 5.74) is 3.95. The fraction of sp³-hybridized carbons (Fsp3) is 0.211. The van der Waals surface area contributed by atoms with E-state index in [2.05, 4.69) is 60.2 Å². The van der Waals surface area contributed by atoms with Crippen LogP contribution in [0, 0.1) is 6.92 Å². The molecule has 1 aromatic heterocycles. The highest BCUT2D eigenvalue weighted by atomic mass is 16.5. The van der Waals surface area contributed by atoms with E-state index in [9.17, 15) is 0 Å². The van der Waals surface area contributed by atoms with E-state index in [1.54, 1.807) is 7.11 Å². The van der Waals surface area contributed by atoms with Crippen molar-refractivity contribution in [1.82, 2.24) is 0 Å². The van der Waals surface area contributed by atoms with E-state index < -0.39 is 0 Å². The van der Waals surface area contributed by atoms with Crippen molar-refractivity contribution in [3.63, 3.8) is 0 Å². The molecule has 0 aliphatic heterocycles. The van der Waals surface area contributed by atoms with Crippen molar-refractivity contribution in [3.05, 3.63) is 71.9 Å². The van der Waals surface area contributed by atoms with Crippen LogP contribution >= 0.6 is 0 Å². The van der Waals surface area contributed by atoms with Crippen molar-refractivity contribution >= 4 is 10.9 Å². The molecular formula is C19H20NO+. The molecule has 0 unspecified atom stereocenters. The van der Waals surface area contributed by atoms with Gasteiger partial charge in [-0.3, -0.25) is 0 Å². The number of hydrogen-bond donors (Lipinski definition) is 0. The Morgan fingerprint density at radius 3 is 2.48 bits per heavy atom. The van der Waals surface area contributed by atoms with Gasteiger partial charge < -0.3 is 4.74 Å². The molecule has 0 N–H and O–H groups in total. The monoisotopic (exact) mass is 278 g/mol. The zero-order valence-corrected chi connectivity index (χ0v) is 12.5. The molecule has 0 saturated carbocycles. The van der Waals surface area contributed by atoms with Gasteiger partial charge in [-0.2, -0.15) is 4.57 Å². The molecule has 0 fully saturated rings. The standard InChI is InChI=1S/C19H20NO/c1-15-11-13-20(19-6-4-3-5-18(15)19)14-12-16-7-9-17(21-2)10-8-16/h3-11,13H,12,14H2,1-2H3/q+1. The third-order valence-electron chi connectivity index (χ3n) is 3.94. The van der Waals surface area contributed by atoms with E-state index in [4.69, 9.17) is 4.74 Å². The molecule has 0 aliphatic carbocycles. The SMILES string of the molecule is COc1ccc(CC[n+]2ccc(C)c3ccccc32)cc1. The van der Waals surface area contributed by atoms with E-state index in [-0.39, 0.29) is 0 Å². The van der Waals surface area contributed by atoms with Gasteiger partial charge in [0.05, 0.1) is 7.11 Å². The molecule has 2 aromatic carbocycles. The summed E-state index contributed by atoms with van der Waals surface area (Å²) in [5, 5.41) is 1.33. The normalized spacial score (nSPS) is 10.8. The molecule has 0 bridgehead atoms. The molecule has 3 rings (SSSR count). The fourth-order valence-corrected chi connectivity index (χ4v) is 2.67. The van der Waals surface area contributed by atoms with Gasteiger partial charge in [0, 0.05) is 23.9 Å². The quantitative estimate of drug-likeness (QED) is 0.663. The number of para-hydroxylation sites is 1. The molecule has 0 atom stereocenters. The lowest BCUT2D eigenvalue weighted by Gasteiger charge is -2.05. The average molecular weight is 278 g/mol. The van der Waals surface area contributed by atoms with E-state index in [1.807, 2.05) is 12.1 Å². The predicted octanol–water partition coefficient (Wildman–Crippen LogP) is 3.69. The highest BCUT2D eigenvalue weighted by Crippen LogP contribution is 2.15. The number of rotatable bonds is 4. The molecule has 0 spiro atoms. The highest BCUT2D eigenvalue weighted by Gasteiger charge is 2.10. The molecule has 1 heterocycles. The van der Waals surface area contributed by atoms with E-state index >= 15 is 0 Å². The summed E-state index contributed by atoms with van der Waals surface area (Å²) in [6, 6.07) is 19.1. The van der Waals surface area contributed by atoms with Crippen LogP contribution in [0.4, 0.5) is 0 Å². The lowest BCUT2D eigenvalue weighted by atomic mass is 10.1. The minimum absolute atomic E-state index is 0.909. The van der Waals surface area contributed by atoms with Crippen molar-refractivity contribution in [2.24, 2.45) is 0 Å². The van der Waals surface area contributed by atoms with Crippen molar-refractivity contribution in [2.45, 2.75) is 19.9 Å². The molecule has 21 heavy (non-hydrogen) atoms. The van der Waals surface area contributed by atoms with Gasteiger partial charge in [-0.15, -0.1) is 0 Å². The predicted molar refractivity (Wildman–Crippen MR) is 85.6 cm³/mol. The third kappa shape index (κ3) is 2.89. The lowest BCUT2D eigenvalue weighted by Crippen LogP contribution is -2.35. The van der Waals surface area contributed by atoms with Crippen LogP contribution in [0.5, 0.6) is 5.75 Å². The van der Waals surface area contributed by atoms with Gasteiger partial charge >= 0.3 is 0 Å². The maximum Gasteiger partial charge on any atom is 0.212 e. The fourth-order valence-electron chi connectivity index (χ4n) is 2.67. The van der Waals surface area contributed by atoms with Crippen molar-refractivity contribution < 1.29 is 9.30 Å². The number of pyridine rings is 1. The third-order valence-corrected chi connectivity index (χ3v) is 3.94. The number of nitrogens with zero attached hydrogens (tertiary/aromatic N) is 1. The van der Waals surface area contributed by atoms with Crippen LogP contribution in [0.2, 0.25) is 0 Å². The Kier molecular flexibility index (Phi) is 3.87. The van der Waals surface area contributed by atoms with Crippen LogP contribution in [0.3, 0.4) is 0 Å². The van der Waals surface area contributed by atoms with Gasteiger partial charge in [-0.05, 0) is 36.2 Å². The number of fused-ring (bicyclic) bond motifs is 1. The van der Waals surface area contributed by atoms with Crippen LogP contribution in [-0.4, -0.2) is 7.11 Å². The summed E-state index contributed by atoms with van der Waals surface area (Å²) < 4.78 is 7.52. The van der Waals surface area contributed by atoms with Gasteiger partial charge in [0.25, 0.3) is 0 Å². The summed E-state index contributed by atoms with van der Waals surface area (Å²) >= 11 is 0. The molecule has 0 radical (unpaired) electrons. The number of aryl methyl sites for hydroxylation is 3. The Bertz CT molecular complexity index is 747. The molecule has 2 nitrogen and oxygen atoms in total. The van der Waals surface area contributed by atoms with Gasteiger partial charge in [0.15, 0.2) is 12.7 Å². The number of ether oxygens (including phenoxy) is 1. The van der Waals surface area contributed by atoms with Crippen molar-refractivity contribution in [3.8, 4) is 5.75 Å². The van der Waals surface area contributed by atoms with Crippen LogP contribution in [0.25, 0.3) is 10.9 Å². The largest absolute Gasteiger partial charge is 0.497 e. The second-order valence-corrected chi connectivity index (χ2v) is 5.31. The Labute approximate surface area is 125 Å². The molecule has 0 aliphatic rings. The summed E-state index contributed by atoms with van der Waals surface area (Å²) in [5.74, 6) is 0.909. The minimum Gasteiger partial charge on any atom is -0.497 e. The summed E-state index contributed by atoms with van der Waals surface area (Å²) in [4.78, 5) is 0. The Morgan fingerprint density at radius 2 is 1.71 bits per heavy atom. The van der Waals surface area contributed by atoms with Crippen LogP contribution in [0.15, 0.2) is 60.8 Å². The van der Waals surface area contributed by atoms with E-state index in [0.29, 0.717) is 0 Å².